The molecular formula is C48H33N3. The zero-order chi connectivity index (χ0) is 33.7. The second-order valence-corrected chi connectivity index (χ2v) is 13.0. The van der Waals surface area contributed by atoms with Gasteiger partial charge in [0, 0.05) is 44.6 Å². The van der Waals surface area contributed by atoms with Gasteiger partial charge in [0.2, 0.25) is 0 Å². The van der Waals surface area contributed by atoms with Gasteiger partial charge in [-0.2, -0.15) is 0 Å². The van der Waals surface area contributed by atoms with Crippen LogP contribution in [-0.2, 0) is 0 Å². The van der Waals surface area contributed by atoms with Gasteiger partial charge in [-0.05, 0) is 83.1 Å². The summed E-state index contributed by atoms with van der Waals surface area (Å²) in [5, 5.41) is 6.11. The standard InChI is InChI=1S/C48H33N3/c1-4-16-35(17-5-1)46-32-37-28-30-44-43-25-12-13-26-45(43)51(48(44)47(37)50(46)39-21-8-3-9-22-39)41-24-14-23-40(33-41)49(38-19-6-2-7-20-38)42-29-27-34-15-10-11-18-36(34)31-42/h1-33H. The zero-order valence-corrected chi connectivity index (χ0v) is 27.9. The first-order chi connectivity index (χ1) is 25.3. The predicted octanol–water partition coefficient (Wildman–Crippen LogP) is 13.0. The fraction of sp³-hybridized carbons (Fsp3) is 0. The molecule has 3 nitrogen and oxygen atoms in total. The van der Waals surface area contributed by atoms with E-state index in [0.717, 1.165) is 28.4 Å². The third-order valence-corrected chi connectivity index (χ3v) is 10.0. The number of aromatic nitrogens is 2. The number of nitrogens with zero attached hydrogens (tertiary/aromatic N) is 3. The van der Waals surface area contributed by atoms with Gasteiger partial charge in [-0.1, -0.05) is 133 Å². The summed E-state index contributed by atoms with van der Waals surface area (Å²) in [6, 6.07) is 72.2. The van der Waals surface area contributed by atoms with E-state index >= 15 is 0 Å². The van der Waals surface area contributed by atoms with Gasteiger partial charge >= 0.3 is 0 Å². The highest BCUT2D eigenvalue weighted by molar-refractivity contribution is 6.19. The molecule has 51 heavy (non-hydrogen) atoms. The van der Waals surface area contributed by atoms with Crippen molar-refractivity contribution >= 4 is 60.5 Å². The molecule has 0 radical (unpaired) electrons. The number of para-hydroxylation sites is 3. The Hall–Kier alpha value is -6.84. The predicted molar refractivity (Wildman–Crippen MR) is 215 cm³/mol. The van der Waals surface area contributed by atoms with Gasteiger partial charge in [-0.3, -0.25) is 0 Å². The van der Waals surface area contributed by atoms with Crippen LogP contribution in [-0.4, -0.2) is 9.13 Å². The molecule has 10 aromatic rings. The number of anilines is 3. The lowest BCUT2D eigenvalue weighted by Crippen LogP contribution is -2.10. The van der Waals surface area contributed by atoms with Crippen LogP contribution >= 0.6 is 0 Å². The maximum atomic E-state index is 2.47. The fourth-order valence-electron chi connectivity index (χ4n) is 7.79. The van der Waals surface area contributed by atoms with Gasteiger partial charge in [0.05, 0.1) is 22.2 Å². The average Bonchev–Trinajstić information content (AvgIpc) is 3.76. The van der Waals surface area contributed by atoms with E-state index in [4.69, 9.17) is 0 Å². The molecule has 0 saturated carbocycles. The number of hydrogen-bond donors (Lipinski definition) is 0. The quantitative estimate of drug-likeness (QED) is 0.174. The van der Waals surface area contributed by atoms with E-state index in [2.05, 4.69) is 214 Å². The molecule has 240 valence electrons. The van der Waals surface area contributed by atoms with Crippen molar-refractivity contribution < 1.29 is 0 Å². The topological polar surface area (TPSA) is 13.1 Å². The minimum absolute atomic E-state index is 1.09. The van der Waals surface area contributed by atoms with Crippen LogP contribution in [0.4, 0.5) is 17.1 Å². The smallest absolute Gasteiger partial charge is 0.0788 e. The zero-order valence-electron chi connectivity index (χ0n) is 27.9. The molecule has 0 N–H and O–H groups in total. The summed E-state index contributed by atoms with van der Waals surface area (Å²) in [6.45, 7) is 0. The molecule has 0 aliphatic carbocycles. The molecule has 3 heteroatoms. The van der Waals surface area contributed by atoms with Crippen molar-refractivity contribution in [1.82, 2.24) is 9.13 Å². The van der Waals surface area contributed by atoms with Crippen molar-refractivity contribution in [2.24, 2.45) is 0 Å². The van der Waals surface area contributed by atoms with Crippen molar-refractivity contribution in [2.45, 2.75) is 0 Å². The van der Waals surface area contributed by atoms with Crippen molar-refractivity contribution in [3.63, 3.8) is 0 Å². The average molecular weight is 652 g/mol. The fourth-order valence-corrected chi connectivity index (χ4v) is 7.79. The monoisotopic (exact) mass is 651 g/mol. The Labute approximate surface area is 296 Å². The Morgan fingerprint density at radius 2 is 0.961 bits per heavy atom. The van der Waals surface area contributed by atoms with E-state index in [9.17, 15) is 0 Å². The van der Waals surface area contributed by atoms with E-state index < -0.39 is 0 Å². The van der Waals surface area contributed by atoms with Gasteiger partial charge in [0.1, 0.15) is 0 Å². The third kappa shape index (κ3) is 4.82. The lowest BCUT2D eigenvalue weighted by atomic mass is 10.1. The lowest BCUT2D eigenvalue weighted by molar-refractivity contribution is 1.12. The molecule has 0 aliphatic rings. The van der Waals surface area contributed by atoms with E-state index in [1.807, 2.05) is 0 Å². The molecule has 2 heterocycles. The molecule has 0 unspecified atom stereocenters. The number of rotatable bonds is 6. The molecule has 0 saturated heterocycles. The summed E-state index contributed by atoms with van der Waals surface area (Å²) >= 11 is 0. The van der Waals surface area contributed by atoms with Crippen LogP contribution in [0.1, 0.15) is 0 Å². The molecule has 0 spiro atoms. The van der Waals surface area contributed by atoms with Crippen LogP contribution < -0.4 is 4.90 Å². The van der Waals surface area contributed by atoms with Gasteiger partial charge in [0.25, 0.3) is 0 Å². The maximum absolute atomic E-state index is 2.47. The Bertz CT molecular complexity index is 2850. The SMILES string of the molecule is c1ccc(-c2cc3ccc4c5ccccc5n(-c5cccc(N(c6ccccc6)c6ccc7ccccc7c6)c5)c4c3n2-c2ccccc2)cc1. The minimum atomic E-state index is 1.09. The van der Waals surface area contributed by atoms with Crippen LogP contribution in [0.2, 0.25) is 0 Å². The first kappa shape index (κ1) is 29.1. The molecule has 8 aromatic carbocycles. The summed E-state index contributed by atoms with van der Waals surface area (Å²) in [7, 11) is 0. The van der Waals surface area contributed by atoms with Crippen LogP contribution in [0, 0.1) is 0 Å². The van der Waals surface area contributed by atoms with E-state index in [1.165, 1.54) is 54.7 Å². The molecule has 0 bridgehead atoms. The first-order valence-electron chi connectivity index (χ1n) is 17.4. The molecule has 0 fully saturated rings. The van der Waals surface area contributed by atoms with Crippen LogP contribution in [0.25, 0.3) is 66.1 Å². The van der Waals surface area contributed by atoms with Crippen molar-refractivity contribution in [3.8, 4) is 22.6 Å². The van der Waals surface area contributed by atoms with Crippen LogP contribution in [0.15, 0.2) is 200 Å². The van der Waals surface area contributed by atoms with Gasteiger partial charge < -0.3 is 14.0 Å². The highest BCUT2D eigenvalue weighted by Crippen LogP contribution is 2.42. The molecule has 2 aromatic heterocycles. The van der Waals surface area contributed by atoms with Crippen molar-refractivity contribution in [2.75, 3.05) is 4.90 Å². The number of fused-ring (bicyclic) bond motifs is 6. The highest BCUT2D eigenvalue weighted by Gasteiger charge is 2.22. The lowest BCUT2D eigenvalue weighted by Gasteiger charge is -2.26. The molecular weight excluding hydrogens is 619 g/mol. The molecule has 0 aliphatic heterocycles. The summed E-state index contributed by atoms with van der Waals surface area (Å²) in [5.41, 5.74) is 11.5. The van der Waals surface area contributed by atoms with E-state index in [1.54, 1.807) is 0 Å². The van der Waals surface area contributed by atoms with Crippen LogP contribution in [0.5, 0.6) is 0 Å². The van der Waals surface area contributed by atoms with E-state index in [0.29, 0.717) is 0 Å². The van der Waals surface area contributed by atoms with Crippen LogP contribution in [0.3, 0.4) is 0 Å². The number of hydrogen-bond acceptors (Lipinski definition) is 1. The van der Waals surface area contributed by atoms with Gasteiger partial charge in [0.15, 0.2) is 0 Å². The summed E-state index contributed by atoms with van der Waals surface area (Å²) < 4.78 is 4.91. The molecule has 10 rings (SSSR count). The molecule has 0 atom stereocenters. The number of benzene rings is 8. The second-order valence-electron chi connectivity index (χ2n) is 13.0. The van der Waals surface area contributed by atoms with Gasteiger partial charge in [-0.25, -0.2) is 0 Å². The normalized spacial score (nSPS) is 11.5. The second kappa shape index (κ2) is 11.9. The largest absolute Gasteiger partial charge is 0.310 e. The highest BCUT2D eigenvalue weighted by atomic mass is 15.1. The van der Waals surface area contributed by atoms with Crippen molar-refractivity contribution in [3.05, 3.63) is 200 Å². The minimum Gasteiger partial charge on any atom is -0.310 e. The molecule has 0 amide bonds. The Morgan fingerprint density at radius 3 is 1.78 bits per heavy atom. The summed E-state index contributed by atoms with van der Waals surface area (Å²) in [6.07, 6.45) is 0. The van der Waals surface area contributed by atoms with E-state index in [-0.39, 0.29) is 0 Å². The Morgan fingerprint density at radius 1 is 0.333 bits per heavy atom. The maximum Gasteiger partial charge on any atom is 0.0788 e. The Kier molecular flexibility index (Phi) is 6.81. The summed E-state index contributed by atoms with van der Waals surface area (Å²) in [4.78, 5) is 2.36. The van der Waals surface area contributed by atoms with Crippen molar-refractivity contribution in [1.29, 1.82) is 0 Å². The third-order valence-electron chi connectivity index (χ3n) is 10.0. The van der Waals surface area contributed by atoms with Gasteiger partial charge in [-0.15, -0.1) is 0 Å². The Balaban J connectivity index is 1.27. The first-order valence-corrected chi connectivity index (χ1v) is 17.4. The summed E-state index contributed by atoms with van der Waals surface area (Å²) in [5.74, 6) is 0.